The number of rotatable bonds is 5. The SMILES string of the molecule is Cc1cc(C(=O)NCc2ccc(Cn3cccn3)cc2)on1. The third-order valence-electron chi connectivity index (χ3n) is 3.23. The number of carbonyl (C=O) groups is 1. The van der Waals surface area contributed by atoms with Crippen molar-refractivity contribution in [2.75, 3.05) is 0 Å². The average Bonchev–Trinajstić information content (AvgIpc) is 3.18. The van der Waals surface area contributed by atoms with Crippen molar-refractivity contribution in [3.63, 3.8) is 0 Å². The smallest absolute Gasteiger partial charge is 0.290 e. The minimum absolute atomic E-state index is 0.229. The second-order valence-corrected chi connectivity index (χ2v) is 5.04. The van der Waals surface area contributed by atoms with Crippen LogP contribution in [0.2, 0.25) is 0 Å². The molecule has 0 atom stereocenters. The number of hydrogen-bond acceptors (Lipinski definition) is 4. The summed E-state index contributed by atoms with van der Waals surface area (Å²) in [6, 6.07) is 11.6. The minimum atomic E-state index is -0.263. The molecule has 112 valence electrons. The van der Waals surface area contributed by atoms with Gasteiger partial charge in [0.15, 0.2) is 0 Å². The molecule has 3 rings (SSSR count). The monoisotopic (exact) mass is 296 g/mol. The van der Waals surface area contributed by atoms with E-state index in [1.165, 1.54) is 0 Å². The van der Waals surface area contributed by atoms with E-state index in [1.807, 2.05) is 41.2 Å². The fourth-order valence-electron chi connectivity index (χ4n) is 2.08. The van der Waals surface area contributed by atoms with Crippen molar-refractivity contribution in [1.29, 1.82) is 0 Å². The highest BCUT2D eigenvalue weighted by atomic mass is 16.5. The second kappa shape index (κ2) is 6.26. The van der Waals surface area contributed by atoms with Crippen molar-refractivity contribution >= 4 is 5.91 Å². The minimum Gasteiger partial charge on any atom is -0.351 e. The number of hydrogen-bond donors (Lipinski definition) is 1. The van der Waals surface area contributed by atoms with Crippen molar-refractivity contribution < 1.29 is 9.32 Å². The van der Waals surface area contributed by atoms with Crippen LogP contribution in [0.1, 0.15) is 27.4 Å². The molecule has 0 fully saturated rings. The van der Waals surface area contributed by atoms with Crippen LogP contribution in [0.25, 0.3) is 0 Å². The van der Waals surface area contributed by atoms with Gasteiger partial charge in [0.1, 0.15) is 0 Å². The normalized spacial score (nSPS) is 10.6. The van der Waals surface area contributed by atoms with Gasteiger partial charge in [-0.05, 0) is 24.1 Å². The van der Waals surface area contributed by atoms with E-state index >= 15 is 0 Å². The summed E-state index contributed by atoms with van der Waals surface area (Å²) in [5, 5.41) is 10.7. The summed E-state index contributed by atoms with van der Waals surface area (Å²) in [4.78, 5) is 11.9. The van der Waals surface area contributed by atoms with Crippen molar-refractivity contribution in [1.82, 2.24) is 20.3 Å². The van der Waals surface area contributed by atoms with Crippen LogP contribution in [0.15, 0.2) is 53.3 Å². The first-order chi connectivity index (χ1) is 10.7. The number of benzene rings is 1. The largest absolute Gasteiger partial charge is 0.351 e. The van der Waals surface area contributed by atoms with Gasteiger partial charge >= 0.3 is 0 Å². The summed E-state index contributed by atoms with van der Waals surface area (Å²) in [6.45, 7) is 2.95. The standard InChI is InChI=1S/C16H16N4O2/c1-12-9-15(22-19-12)16(21)17-10-13-3-5-14(6-4-13)11-20-8-2-7-18-20/h2-9H,10-11H2,1H3,(H,17,21). The van der Waals surface area contributed by atoms with Crippen LogP contribution in [-0.4, -0.2) is 20.8 Å². The third kappa shape index (κ3) is 3.41. The Bertz CT molecular complexity index is 745. The van der Waals surface area contributed by atoms with Crippen molar-refractivity contribution in [2.45, 2.75) is 20.0 Å². The van der Waals surface area contributed by atoms with Crippen molar-refractivity contribution in [2.24, 2.45) is 0 Å². The Kier molecular flexibility index (Phi) is 4.00. The van der Waals surface area contributed by atoms with Crippen molar-refractivity contribution in [3.05, 3.63) is 71.4 Å². The number of nitrogens with one attached hydrogen (secondary N) is 1. The van der Waals surface area contributed by atoms with E-state index in [0.717, 1.165) is 17.7 Å². The summed E-state index contributed by atoms with van der Waals surface area (Å²) in [6.07, 6.45) is 3.68. The zero-order chi connectivity index (χ0) is 15.4. The third-order valence-corrected chi connectivity index (χ3v) is 3.23. The number of aromatic nitrogens is 3. The summed E-state index contributed by atoms with van der Waals surface area (Å²) in [5.74, 6) is -0.0333. The number of nitrogens with zero attached hydrogens (tertiary/aromatic N) is 3. The molecule has 6 heteroatoms. The molecule has 22 heavy (non-hydrogen) atoms. The average molecular weight is 296 g/mol. The molecule has 0 saturated heterocycles. The molecule has 1 aromatic carbocycles. The van der Waals surface area contributed by atoms with E-state index in [9.17, 15) is 4.79 Å². The van der Waals surface area contributed by atoms with E-state index in [4.69, 9.17) is 4.52 Å². The molecule has 0 saturated carbocycles. The highest BCUT2D eigenvalue weighted by Gasteiger charge is 2.10. The maximum atomic E-state index is 11.9. The Balaban J connectivity index is 1.56. The van der Waals surface area contributed by atoms with Crippen LogP contribution in [0.4, 0.5) is 0 Å². The Morgan fingerprint density at radius 1 is 1.27 bits per heavy atom. The molecule has 0 radical (unpaired) electrons. The van der Waals surface area contributed by atoms with E-state index < -0.39 is 0 Å². The summed E-state index contributed by atoms with van der Waals surface area (Å²) < 4.78 is 6.78. The summed E-state index contributed by atoms with van der Waals surface area (Å²) in [7, 11) is 0. The van der Waals surface area contributed by atoms with Crippen LogP contribution in [0, 0.1) is 6.92 Å². The van der Waals surface area contributed by atoms with Gasteiger partial charge in [0, 0.05) is 25.0 Å². The lowest BCUT2D eigenvalue weighted by Crippen LogP contribution is -2.22. The Labute approximate surface area is 127 Å². The van der Waals surface area contributed by atoms with E-state index in [-0.39, 0.29) is 11.7 Å². The van der Waals surface area contributed by atoms with Crippen LogP contribution in [0.5, 0.6) is 0 Å². The fraction of sp³-hybridized carbons (Fsp3) is 0.188. The number of amides is 1. The molecule has 0 aliphatic carbocycles. The predicted octanol–water partition coefficient (Wildman–Crippen LogP) is 2.16. The first-order valence-electron chi connectivity index (χ1n) is 6.97. The van der Waals surface area contributed by atoms with E-state index in [0.29, 0.717) is 12.2 Å². The first kappa shape index (κ1) is 14.1. The zero-order valence-corrected chi connectivity index (χ0v) is 12.2. The molecule has 0 spiro atoms. The van der Waals surface area contributed by atoms with Crippen LogP contribution in [-0.2, 0) is 13.1 Å². The predicted molar refractivity (Wildman–Crippen MR) is 80.2 cm³/mol. The molecule has 6 nitrogen and oxygen atoms in total. The van der Waals surface area contributed by atoms with E-state index in [2.05, 4.69) is 15.6 Å². The van der Waals surface area contributed by atoms with Crippen LogP contribution >= 0.6 is 0 Å². The van der Waals surface area contributed by atoms with E-state index in [1.54, 1.807) is 19.2 Å². The molecule has 0 bridgehead atoms. The molecule has 0 aliphatic heterocycles. The molecule has 0 unspecified atom stereocenters. The Morgan fingerprint density at radius 2 is 2.05 bits per heavy atom. The highest BCUT2D eigenvalue weighted by molar-refractivity contribution is 5.91. The molecular formula is C16H16N4O2. The summed E-state index contributed by atoms with van der Waals surface area (Å²) >= 11 is 0. The molecule has 1 amide bonds. The highest BCUT2D eigenvalue weighted by Crippen LogP contribution is 2.07. The van der Waals surface area contributed by atoms with Gasteiger partial charge in [-0.15, -0.1) is 0 Å². The lowest BCUT2D eigenvalue weighted by molar-refractivity contribution is 0.0914. The summed E-state index contributed by atoms with van der Waals surface area (Å²) in [5.41, 5.74) is 2.87. The van der Waals surface area contributed by atoms with Gasteiger partial charge in [0.2, 0.25) is 5.76 Å². The van der Waals surface area contributed by atoms with Gasteiger partial charge in [-0.25, -0.2) is 0 Å². The topological polar surface area (TPSA) is 73.0 Å². The Morgan fingerprint density at radius 3 is 2.68 bits per heavy atom. The fourth-order valence-corrected chi connectivity index (χ4v) is 2.08. The molecule has 1 N–H and O–H groups in total. The lowest BCUT2D eigenvalue weighted by atomic mass is 10.1. The molecule has 2 heterocycles. The number of aryl methyl sites for hydroxylation is 1. The molecule has 0 aliphatic rings. The maximum absolute atomic E-state index is 11.9. The quantitative estimate of drug-likeness (QED) is 0.783. The lowest BCUT2D eigenvalue weighted by Gasteiger charge is -2.05. The van der Waals surface area contributed by atoms with Gasteiger partial charge in [-0.2, -0.15) is 5.10 Å². The molecular weight excluding hydrogens is 280 g/mol. The Hall–Kier alpha value is -2.89. The molecule has 2 aromatic heterocycles. The van der Waals surface area contributed by atoms with Gasteiger partial charge in [0.25, 0.3) is 5.91 Å². The maximum Gasteiger partial charge on any atom is 0.290 e. The zero-order valence-electron chi connectivity index (χ0n) is 12.2. The van der Waals surface area contributed by atoms with Crippen LogP contribution < -0.4 is 5.32 Å². The second-order valence-electron chi connectivity index (χ2n) is 5.04. The molecule has 3 aromatic rings. The first-order valence-corrected chi connectivity index (χ1v) is 6.97. The number of carbonyl (C=O) groups excluding carboxylic acids is 1. The van der Waals surface area contributed by atoms with Crippen molar-refractivity contribution in [3.8, 4) is 0 Å². The van der Waals surface area contributed by atoms with Gasteiger partial charge in [-0.3, -0.25) is 9.48 Å². The van der Waals surface area contributed by atoms with Gasteiger partial charge in [-0.1, -0.05) is 29.4 Å². The van der Waals surface area contributed by atoms with Gasteiger partial charge in [0.05, 0.1) is 12.2 Å². The van der Waals surface area contributed by atoms with Gasteiger partial charge < -0.3 is 9.84 Å². The van der Waals surface area contributed by atoms with Crippen LogP contribution in [0.3, 0.4) is 0 Å².